The number of ether oxygens (including phenoxy) is 1. The van der Waals surface area contributed by atoms with E-state index in [0.717, 1.165) is 37.7 Å². The fourth-order valence-corrected chi connectivity index (χ4v) is 6.05. The van der Waals surface area contributed by atoms with Gasteiger partial charge in [-0.05, 0) is 67.9 Å². The lowest BCUT2D eigenvalue weighted by Gasteiger charge is -2.52. The number of phenolic OH excluding ortho intramolecular Hbond substituents is 1. The number of hydrogen-bond donors (Lipinski definition) is 2. The highest BCUT2D eigenvalue weighted by Crippen LogP contribution is 2.64. The fourth-order valence-electron chi connectivity index (χ4n) is 6.05. The highest BCUT2D eigenvalue weighted by molar-refractivity contribution is 5.52. The van der Waals surface area contributed by atoms with Gasteiger partial charge in [-0.2, -0.15) is 0 Å². The maximum absolute atomic E-state index is 11.0. The summed E-state index contributed by atoms with van der Waals surface area (Å²) < 4.78 is 5.27. The largest absolute Gasteiger partial charge is 0.504 e. The smallest absolute Gasteiger partial charge is 0.161 e. The van der Waals surface area contributed by atoms with E-state index < -0.39 is 5.60 Å². The summed E-state index contributed by atoms with van der Waals surface area (Å²) in [6.07, 6.45) is 11.3. The van der Waals surface area contributed by atoms with Gasteiger partial charge >= 0.3 is 0 Å². The molecule has 3 heteroatoms. The first-order valence-electron chi connectivity index (χ1n) is 9.04. The predicted octanol–water partition coefficient (Wildman–Crippen LogP) is 3.62. The van der Waals surface area contributed by atoms with Gasteiger partial charge in [0, 0.05) is 11.0 Å². The van der Waals surface area contributed by atoms with E-state index in [1.54, 1.807) is 7.11 Å². The molecule has 0 spiro atoms. The number of fused-ring (bicyclic) bond motifs is 5. The van der Waals surface area contributed by atoms with Crippen LogP contribution in [0.3, 0.4) is 0 Å². The summed E-state index contributed by atoms with van der Waals surface area (Å²) in [5, 5.41) is 21.5. The molecule has 24 heavy (non-hydrogen) atoms. The third kappa shape index (κ3) is 1.84. The van der Waals surface area contributed by atoms with Crippen LogP contribution in [0.25, 0.3) is 0 Å². The summed E-state index contributed by atoms with van der Waals surface area (Å²) in [4.78, 5) is 0. The summed E-state index contributed by atoms with van der Waals surface area (Å²) in [6, 6.07) is 4.02. The minimum absolute atomic E-state index is 0.172. The molecular weight excluding hydrogens is 300 g/mol. The van der Waals surface area contributed by atoms with Crippen molar-refractivity contribution < 1.29 is 14.9 Å². The molecule has 2 N–H and O–H groups in total. The molecule has 2 fully saturated rings. The number of methoxy groups -OCH3 is 1. The van der Waals surface area contributed by atoms with Crippen LogP contribution >= 0.6 is 0 Å². The van der Waals surface area contributed by atoms with Crippen molar-refractivity contribution in [3.05, 3.63) is 23.3 Å². The first-order chi connectivity index (χ1) is 11.4. The second-order valence-corrected chi connectivity index (χ2v) is 8.10. The molecule has 1 aromatic carbocycles. The van der Waals surface area contributed by atoms with Crippen LogP contribution in [-0.2, 0) is 6.42 Å². The molecule has 0 radical (unpaired) electrons. The van der Waals surface area contributed by atoms with E-state index in [1.807, 2.05) is 6.07 Å². The van der Waals surface area contributed by atoms with Crippen molar-refractivity contribution in [3.63, 3.8) is 0 Å². The van der Waals surface area contributed by atoms with Crippen molar-refractivity contribution in [3.8, 4) is 23.8 Å². The topological polar surface area (TPSA) is 49.7 Å². The van der Waals surface area contributed by atoms with Gasteiger partial charge in [0.2, 0.25) is 0 Å². The molecule has 0 unspecified atom stereocenters. The Kier molecular flexibility index (Phi) is 3.41. The minimum Gasteiger partial charge on any atom is -0.504 e. The Balaban J connectivity index is 1.73. The Labute approximate surface area is 144 Å². The number of phenols is 1. The van der Waals surface area contributed by atoms with E-state index in [9.17, 15) is 10.2 Å². The van der Waals surface area contributed by atoms with E-state index >= 15 is 0 Å². The number of aliphatic hydroxyl groups is 1. The summed E-state index contributed by atoms with van der Waals surface area (Å²) >= 11 is 0. The molecule has 3 aliphatic carbocycles. The zero-order chi connectivity index (χ0) is 17.1. The average molecular weight is 326 g/mol. The molecule has 3 aliphatic rings. The van der Waals surface area contributed by atoms with Crippen LogP contribution in [-0.4, -0.2) is 22.9 Å². The van der Waals surface area contributed by atoms with Crippen LogP contribution in [0.15, 0.2) is 12.1 Å². The molecule has 0 saturated heterocycles. The van der Waals surface area contributed by atoms with Crippen LogP contribution in [0.1, 0.15) is 56.1 Å². The van der Waals surface area contributed by atoms with Crippen molar-refractivity contribution in [1.29, 1.82) is 0 Å². The third-order valence-corrected chi connectivity index (χ3v) is 7.46. The van der Waals surface area contributed by atoms with Gasteiger partial charge in [-0.1, -0.05) is 18.9 Å². The molecule has 4 rings (SSSR count). The quantitative estimate of drug-likeness (QED) is 0.775. The van der Waals surface area contributed by atoms with Crippen LogP contribution in [0.2, 0.25) is 0 Å². The number of terminal acetylenes is 1. The summed E-state index contributed by atoms with van der Waals surface area (Å²) in [5.41, 5.74) is 1.21. The first kappa shape index (κ1) is 15.8. The highest BCUT2D eigenvalue weighted by atomic mass is 16.5. The number of aromatic hydroxyl groups is 1. The minimum atomic E-state index is -0.953. The van der Waals surface area contributed by atoms with Crippen LogP contribution in [0.4, 0.5) is 0 Å². The Bertz CT molecular complexity index is 719. The van der Waals surface area contributed by atoms with Gasteiger partial charge in [0.15, 0.2) is 11.5 Å². The van der Waals surface area contributed by atoms with Crippen LogP contribution in [0, 0.1) is 29.6 Å². The van der Waals surface area contributed by atoms with E-state index in [2.05, 4.69) is 18.9 Å². The van der Waals surface area contributed by atoms with Crippen LogP contribution in [0.5, 0.6) is 11.5 Å². The molecule has 1 aromatic rings. The van der Waals surface area contributed by atoms with Crippen molar-refractivity contribution in [2.75, 3.05) is 7.11 Å². The van der Waals surface area contributed by atoms with Gasteiger partial charge < -0.3 is 14.9 Å². The van der Waals surface area contributed by atoms with Gasteiger partial charge in [-0.3, -0.25) is 0 Å². The summed E-state index contributed by atoms with van der Waals surface area (Å²) in [5.74, 6) is 5.07. The Morgan fingerprint density at radius 3 is 2.75 bits per heavy atom. The standard InChI is InChI=1S/C21H26O3/c1-4-21(23)12-10-17-15-5-6-16-13(7-8-18(24-3)19(16)22)14(15)9-11-20(17,21)2/h1,7-8,14-15,17,22-23H,5-6,9-12H2,2-3H3/t14-,15-,17+,20+,21+/m0/s1. The number of rotatable bonds is 1. The van der Waals surface area contributed by atoms with E-state index in [4.69, 9.17) is 11.2 Å². The lowest BCUT2D eigenvalue weighted by atomic mass is 9.53. The second-order valence-electron chi connectivity index (χ2n) is 8.10. The zero-order valence-corrected chi connectivity index (χ0v) is 14.5. The normalized spacial score (nSPS) is 40.2. The molecular formula is C21H26O3. The Morgan fingerprint density at radius 2 is 2.04 bits per heavy atom. The molecule has 128 valence electrons. The lowest BCUT2D eigenvalue weighted by Crippen LogP contribution is -2.50. The lowest BCUT2D eigenvalue weighted by molar-refractivity contribution is -0.0647. The van der Waals surface area contributed by atoms with Crippen molar-refractivity contribution in [1.82, 2.24) is 0 Å². The maximum atomic E-state index is 11.0. The third-order valence-electron chi connectivity index (χ3n) is 7.46. The van der Waals surface area contributed by atoms with Gasteiger partial charge in [0.1, 0.15) is 5.60 Å². The zero-order valence-electron chi connectivity index (χ0n) is 14.5. The average Bonchev–Trinajstić information content (AvgIpc) is 2.87. The van der Waals surface area contributed by atoms with Gasteiger partial charge in [-0.25, -0.2) is 0 Å². The molecule has 3 nitrogen and oxygen atoms in total. The van der Waals surface area contributed by atoms with E-state index in [-0.39, 0.29) is 5.41 Å². The molecule has 0 heterocycles. The molecule has 0 amide bonds. The predicted molar refractivity (Wildman–Crippen MR) is 93.1 cm³/mol. The SMILES string of the molecule is C#C[C@@]1(O)CC[C@@H]2[C@H]3CCc4c(ccc(OC)c4O)[C@@H]3CC[C@]21C. The Morgan fingerprint density at radius 1 is 1.25 bits per heavy atom. The fraction of sp³-hybridized carbons (Fsp3) is 0.619. The second kappa shape index (κ2) is 5.17. The molecule has 0 aliphatic heterocycles. The van der Waals surface area contributed by atoms with Crippen molar-refractivity contribution in [2.45, 2.75) is 57.0 Å². The molecule has 0 bridgehead atoms. The number of benzene rings is 1. The number of hydrogen-bond acceptors (Lipinski definition) is 3. The maximum Gasteiger partial charge on any atom is 0.161 e. The summed E-state index contributed by atoms with van der Waals surface area (Å²) in [6.45, 7) is 2.20. The van der Waals surface area contributed by atoms with Gasteiger partial charge in [-0.15, -0.1) is 6.42 Å². The van der Waals surface area contributed by atoms with Gasteiger partial charge in [0.25, 0.3) is 0 Å². The molecule has 5 atom stereocenters. The Hall–Kier alpha value is -1.66. The first-order valence-corrected chi connectivity index (χ1v) is 9.04. The van der Waals surface area contributed by atoms with Crippen LogP contribution < -0.4 is 4.74 Å². The highest BCUT2D eigenvalue weighted by Gasteiger charge is 2.61. The summed E-state index contributed by atoms with van der Waals surface area (Å²) in [7, 11) is 1.60. The molecule has 0 aromatic heterocycles. The molecule has 2 saturated carbocycles. The van der Waals surface area contributed by atoms with Gasteiger partial charge in [0.05, 0.1) is 7.11 Å². The van der Waals surface area contributed by atoms with E-state index in [0.29, 0.717) is 35.7 Å². The van der Waals surface area contributed by atoms with Crippen molar-refractivity contribution >= 4 is 0 Å². The van der Waals surface area contributed by atoms with E-state index in [1.165, 1.54) is 5.56 Å². The monoisotopic (exact) mass is 326 g/mol. The van der Waals surface area contributed by atoms with Crippen molar-refractivity contribution in [2.24, 2.45) is 17.3 Å².